The molecule has 2 aromatic rings. The minimum atomic E-state index is -5.93. The Hall–Kier alpha value is -4.05. The number of alkyl halides is 14. The minimum Gasteiger partial charge on any atom is -0.419 e. The molecular formula is C88H131F14O8PSi3. The van der Waals surface area contributed by atoms with Gasteiger partial charge in [0.25, 0.3) is 11.2 Å². The van der Waals surface area contributed by atoms with Crippen LogP contribution in [0.2, 0.25) is 44.3 Å². The molecule has 6 unspecified atom stereocenters. The third-order valence-corrected chi connectivity index (χ3v) is 35.8. The first kappa shape index (κ1) is 98.8. The average Bonchev–Trinajstić information content (AvgIpc) is 1.10. The topological polar surface area (TPSA) is 123 Å². The van der Waals surface area contributed by atoms with Crippen LogP contribution in [0.4, 0.5) is 61.5 Å². The number of carbonyl (C=O) groups excluding carboxylic acids is 1. The first-order valence-electron chi connectivity index (χ1n) is 40.8. The molecule has 0 radical (unpaired) electrons. The Balaban J connectivity index is 0.000000269. The summed E-state index contributed by atoms with van der Waals surface area (Å²) in [6.45, 7) is 40.4. The van der Waals surface area contributed by atoms with E-state index in [9.17, 15) is 86.1 Å². The van der Waals surface area contributed by atoms with Gasteiger partial charge >= 0.3 is 24.7 Å². The summed E-state index contributed by atoms with van der Waals surface area (Å²) in [6.07, 6.45) is -6.03. The molecule has 12 atom stereocenters. The first-order chi connectivity index (χ1) is 52.0. The Morgan fingerprint density at radius 2 is 1.07 bits per heavy atom. The van der Waals surface area contributed by atoms with Crippen LogP contribution < -0.4 is 10.6 Å². The van der Waals surface area contributed by atoms with E-state index in [4.69, 9.17) is 13.3 Å². The van der Waals surface area contributed by atoms with Crippen LogP contribution in [-0.4, -0.2) is 125 Å². The van der Waals surface area contributed by atoms with Crippen molar-refractivity contribution in [2.45, 2.75) is 333 Å². The van der Waals surface area contributed by atoms with Gasteiger partial charge < -0.3 is 33.2 Å². The van der Waals surface area contributed by atoms with Crippen molar-refractivity contribution in [2.75, 3.05) is 6.16 Å². The lowest BCUT2D eigenvalue weighted by Gasteiger charge is -2.49. The van der Waals surface area contributed by atoms with Gasteiger partial charge in [0.05, 0.1) is 17.8 Å². The number of Topliss-reactive ketones (excluding diaryl/α,β-unsaturated/α-hetero) is 1. The van der Waals surface area contributed by atoms with E-state index in [1.54, 1.807) is 13.8 Å². The van der Waals surface area contributed by atoms with Crippen molar-refractivity contribution in [1.29, 1.82) is 0 Å². The van der Waals surface area contributed by atoms with Gasteiger partial charge in [-0.15, -0.1) is 0 Å². The molecule has 6 saturated carbocycles. The molecule has 8 nitrogen and oxygen atoms in total. The molecule has 0 saturated heterocycles. The van der Waals surface area contributed by atoms with E-state index in [-0.39, 0.29) is 88.4 Å². The standard InChI is InChI=1S/C33H47F7O3.C28H48F6O3Si2.C27H36FO2PSi/c1-21-23(19-24(41)20-26(21)34)11-10-22-9-6-17-30(5)25(22)12-13-27(30)29(4,15-7-14-28(2,3)42)16-8-18-31(43,32(35,36)37)33(38,39)40;1-23(2,36-38-5)15-10-16-24(3,22-14-13-20-21(35)12-9-18-25(20,22)4)17-11-19-26(27(29,30)31,28(32,33)34)37-39(6,7)8;1-21-22(19-23(20-26(21)28)30-32(5,6)27(2,3)4)17-18-31(29,24-13-9-7-10-14-24)25-15-11-8-12-16-25/h8,10-11,18,24-27,41-43H,1,6-7,9,12-17,19-20H2,2-5H3;11,19-20,22H,9-10,12-18,38H2,1-8H3;7-17,23,26H,1,18-20H2,2-6H3/b18-8-,22-10+,23-11-;19-11-;22-17-/t24-,25?,26+,27?,29?,30+;20?,22?,24?,25-;23-,26+/m101/s1. The van der Waals surface area contributed by atoms with Crippen molar-refractivity contribution < 1.29 is 99.4 Å². The van der Waals surface area contributed by atoms with E-state index in [0.717, 1.165) is 99.0 Å². The zero-order valence-electron chi connectivity index (χ0n) is 70.4. The van der Waals surface area contributed by atoms with Crippen molar-refractivity contribution in [3.05, 3.63) is 144 Å². The normalized spacial score (nSPS) is 27.9. The fraction of sp³-hybridized carbons (Fsp3) is 0.693. The highest BCUT2D eigenvalue weighted by Gasteiger charge is 2.72. The van der Waals surface area contributed by atoms with E-state index in [0.29, 0.717) is 74.2 Å². The van der Waals surface area contributed by atoms with Crippen LogP contribution in [0.15, 0.2) is 144 Å². The zero-order valence-corrected chi connectivity index (χ0v) is 74.7. The summed E-state index contributed by atoms with van der Waals surface area (Å²) in [5.41, 5.74) is -8.91. The Morgan fingerprint density at radius 1 is 0.605 bits per heavy atom. The third kappa shape index (κ3) is 24.0. The highest BCUT2D eigenvalue weighted by molar-refractivity contribution is 7.78. The fourth-order valence-corrected chi connectivity index (χ4v) is 25.3. The van der Waals surface area contributed by atoms with Crippen molar-refractivity contribution in [2.24, 2.45) is 45.3 Å². The van der Waals surface area contributed by atoms with Gasteiger partial charge in [0.15, 0.2) is 26.4 Å². The number of allylic oxidation sites excluding steroid dienone is 8. The number of aliphatic hydroxyl groups excluding tert-OH is 1. The molecule has 0 aromatic heterocycles. The second-order valence-corrected chi connectivity index (χ2v) is 51.2. The molecular weight excluding hydrogens is 1570 g/mol. The third-order valence-electron chi connectivity index (χ3n) is 26.3. The number of aliphatic hydroxyl groups is 3. The first-order valence-corrected chi connectivity index (χ1v) is 51.0. The lowest BCUT2D eigenvalue weighted by atomic mass is 9.55. The van der Waals surface area contributed by atoms with E-state index in [2.05, 4.69) is 60.9 Å². The highest BCUT2D eigenvalue weighted by Crippen LogP contribution is 2.65. The Morgan fingerprint density at radius 3 is 1.54 bits per heavy atom. The summed E-state index contributed by atoms with van der Waals surface area (Å²) in [5, 5.41) is 31.7. The van der Waals surface area contributed by atoms with Crippen LogP contribution in [0.25, 0.3) is 0 Å². The smallest absolute Gasteiger partial charge is 0.419 e. The summed E-state index contributed by atoms with van der Waals surface area (Å²) in [4.78, 5) is 12.8. The largest absolute Gasteiger partial charge is 0.429 e. The Bertz CT molecular complexity index is 3680. The van der Waals surface area contributed by atoms with E-state index < -0.39 is 104 Å². The summed E-state index contributed by atoms with van der Waals surface area (Å²) in [7, 11) is -8.82. The van der Waals surface area contributed by atoms with Crippen molar-refractivity contribution in [3.8, 4) is 0 Å². The molecule has 6 aliphatic carbocycles. The molecule has 6 aliphatic rings. The van der Waals surface area contributed by atoms with Crippen molar-refractivity contribution in [3.63, 3.8) is 0 Å². The lowest BCUT2D eigenvalue weighted by molar-refractivity contribution is -0.347. The molecule has 646 valence electrons. The number of halogens is 14. The number of carbonyl (C=O) groups is 1. The molecule has 3 N–H and O–H groups in total. The molecule has 0 aliphatic heterocycles. The number of benzene rings is 2. The molecule has 0 spiro atoms. The predicted octanol–water partition coefficient (Wildman–Crippen LogP) is 24.4. The van der Waals surface area contributed by atoms with Gasteiger partial charge in [-0.1, -0.05) is 178 Å². The second kappa shape index (κ2) is 37.5. The maximum absolute atomic E-state index is 14.9. The summed E-state index contributed by atoms with van der Waals surface area (Å²) >= 11 is 0. The number of hydrogen-bond donors (Lipinski definition) is 3. The van der Waals surface area contributed by atoms with Gasteiger partial charge in [-0.3, -0.25) is 4.79 Å². The molecule has 0 amide bonds. The van der Waals surface area contributed by atoms with E-state index in [1.807, 2.05) is 113 Å². The van der Waals surface area contributed by atoms with Gasteiger partial charge in [-0.25, -0.2) is 8.78 Å². The van der Waals surface area contributed by atoms with Crippen molar-refractivity contribution in [1.82, 2.24) is 0 Å². The fourth-order valence-electron chi connectivity index (χ4n) is 19.2. The van der Waals surface area contributed by atoms with Gasteiger partial charge in [0.2, 0.25) is 0 Å². The van der Waals surface area contributed by atoms with Gasteiger partial charge in [0.1, 0.15) is 25.3 Å². The number of ketones is 1. The van der Waals surface area contributed by atoms with Crippen LogP contribution >= 0.6 is 7.14 Å². The number of hydrogen-bond acceptors (Lipinski definition) is 8. The number of fused-ring (bicyclic) bond motifs is 2. The lowest BCUT2D eigenvalue weighted by Crippen LogP contribution is -2.61. The average molecular weight is 1700 g/mol. The summed E-state index contributed by atoms with van der Waals surface area (Å²) in [6, 6.07) is 19.2. The SMILES string of the molecule is C=C1/C(=C\C=C2/CCC[C@@]3(C)C2CCC3C(C)(C/C=C\C(O)(C(F)(F)F)C(F)(F)F)CCCC(C)(C)O)C[C@@H](O)C[C@@H]1F.C=C1/C(=C\CP(=O)(c2ccccc2)c2ccccc2)C[C@@H](O[Si](C)(C)C(C)(C)C)C[C@@H]1F.C[SiH2]OC(C)(C)CCCC(C)(C/C=C\C(O[Si](C)(C)C)(C(F)(F)F)C(F)(F)F)C1CCC2C(=O)CCC[C@@]21C. The number of rotatable bonds is 27. The molecule has 0 heterocycles. The maximum atomic E-state index is 14.9. The summed E-state index contributed by atoms with van der Waals surface area (Å²) in [5.74, 6) is 0.246. The molecule has 114 heavy (non-hydrogen) atoms. The Labute approximate surface area is 675 Å². The van der Waals surface area contributed by atoms with Crippen molar-refractivity contribution >= 4 is 49.9 Å². The van der Waals surface area contributed by atoms with E-state index >= 15 is 0 Å². The second-order valence-electron chi connectivity index (χ2n) is 38.3. The minimum absolute atomic E-state index is 0.0116. The highest BCUT2D eigenvalue weighted by atomic mass is 31.2. The molecule has 26 heteroatoms. The molecule has 2 aromatic carbocycles. The van der Waals surface area contributed by atoms with Crippen LogP contribution in [0.1, 0.15) is 217 Å². The molecule has 0 bridgehead atoms. The maximum Gasteiger partial charge on any atom is 0.429 e. The van der Waals surface area contributed by atoms with Gasteiger partial charge in [-0.05, 0) is 248 Å². The van der Waals surface area contributed by atoms with Crippen LogP contribution in [-0.2, 0) is 22.6 Å². The molecule has 6 fully saturated rings. The van der Waals surface area contributed by atoms with Gasteiger partial charge in [0, 0.05) is 47.6 Å². The van der Waals surface area contributed by atoms with Gasteiger partial charge in [-0.2, -0.15) is 52.7 Å². The quantitative estimate of drug-likeness (QED) is 0.0350. The summed E-state index contributed by atoms with van der Waals surface area (Å²) < 4.78 is 226. The Kier molecular flexibility index (Phi) is 32.5. The predicted molar refractivity (Wildman–Crippen MR) is 438 cm³/mol. The molecule has 8 rings (SSSR count). The van der Waals surface area contributed by atoms with Crippen LogP contribution in [0.5, 0.6) is 0 Å². The van der Waals surface area contributed by atoms with E-state index in [1.165, 1.54) is 25.2 Å². The van der Waals surface area contributed by atoms with Crippen LogP contribution in [0.3, 0.4) is 0 Å². The van der Waals surface area contributed by atoms with Crippen LogP contribution in [0, 0.1) is 45.3 Å². The monoisotopic (exact) mass is 1700 g/mol. The zero-order chi connectivity index (χ0) is 86.4.